The van der Waals surface area contributed by atoms with Gasteiger partial charge < -0.3 is 10.1 Å². The van der Waals surface area contributed by atoms with Gasteiger partial charge in [0.2, 0.25) is 0 Å². The number of ether oxygens (including phenoxy) is 1. The summed E-state index contributed by atoms with van der Waals surface area (Å²) >= 11 is 11.9. The van der Waals surface area contributed by atoms with Crippen molar-refractivity contribution in [1.82, 2.24) is 0 Å². The second-order valence-corrected chi connectivity index (χ2v) is 8.79. The first-order valence-corrected chi connectivity index (χ1v) is 9.61. The highest BCUT2D eigenvalue weighted by Crippen LogP contribution is 2.60. The lowest BCUT2D eigenvalue weighted by Gasteiger charge is -2.55. The zero-order valence-electron chi connectivity index (χ0n) is 13.9. The van der Waals surface area contributed by atoms with E-state index in [0.29, 0.717) is 33.5 Å². The van der Waals surface area contributed by atoms with E-state index in [9.17, 15) is 9.59 Å². The second kappa shape index (κ2) is 6.48. The quantitative estimate of drug-likeness (QED) is 0.769. The molecule has 0 heterocycles. The van der Waals surface area contributed by atoms with Gasteiger partial charge in [-0.05, 0) is 74.5 Å². The molecule has 25 heavy (non-hydrogen) atoms. The third-order valence-electron chi connectivity index (χ3n) is 6.01. The number of carbonyl (C=O) groups excluding carboxylic acids is 2. The molecule has 4 aliphatic rings. The Hall–Kier alpha value is -1.26. The van der Waals surface area contributed by atoms with Crippen LogP contribution in [0.1, 0.15) is 38.5 Å². The molecule has 6 heteroatoms. The topological polar surface area (TPSA) is 55.4 Å². The van der Waals surface area contributed by atoms with Crippen molar-refractivity contribution in [3.8, 4) is 0 Å². The molecule has 0 aliphatic heterocycles. The van der Waals surface area contributed by atoms with Crippen LogP contribution in [0.25, 0.3) is 0 Å². The van der Waals surface area contributed by atoms with Crippen LogP contribution in [0.2, 0.25) is 10.0 Å². The summed E-state index contributed by atoms with van der Waals surface area (Å²) in [4.78, 5) is 24.8. The molecule has 0 atom stereocenters. The van der Waals surface area contributed by atoms with Crippen LogP contribution in [0.5, 0.6) is 0 Å². The van der Waals surface area contributed by atoms with E-state index in [4.69, 9.17) is 27.9 Å². The normalized spacial score (nSPS) is 32.5. The molecule has 0 radical (unpaired) electrons. The van der Waals surface area contributed by atoms with Crippen LogP contribution in [0.4, 0.5) is 5.69 Å². The second-order valence-electron chi connectivity index (χ2n) is 7.95. The van der Waals surface area contributed by atoms with Crippen LogP contribution in [-0.2, 0) is 14.3 Å². The maximum Gasteiger partial charge on any atom is 0.312 e. The molecule has 4 aliphatic carbocycles. The maximum atomic E-state index is 12.7. The minimum absolute atomic E-state index is 0.191. The predicted molar refractivity (Wildman–Crippen MR) is 96.7 cm³/mol. The molecule has 4 bridgehead atoms. The number of hydrogen-bond acceptors (Lipinski definition) is 3. The van der Waals surface area contributed by atoms with E-state index in [1.54, 1.807) is 18.2 Å². The summed E-state index contributed by atoms with van der Waals surface area (Å²) in [6, 6.07) is 4.83. The molecule has 4 fully saturated rings. The highest BCUT2D eigenvalue weighted by Gasteiger charge is 2.55. The van der Waals surface area contributed by atoms with Crippen LogP contribution in [0.3, 0.4) is 0 Å². The van der Waals surface area contributed by atoms with Gasteiger partial charge in [-0.25, -0.2) is 0 Å². The Labute approximate surface area is 157 Å². The SMILES string of the molecule is O=C(COC(=O)C12CC3CC(CC(C3)C1)C2)Nc1ccc(Cl)cc1Cl. The van der Waals surface area contributed by atoms with Gasteiger partial charge in [0.05, 0.1) is 16.1 Å². The van der Waals surface area contributed by atoms with Crippen LogP contribution >= 0.6 is 23.2 Å². The fourth-order valence-corrected chi connectivity index (χ4v) is 5.88. The number of anilines is 1. The lowest BCUT2D eigenvalue weighted by Crippen LogP contribution is -2.50. The minimum atomic E-state index is -0.387. The molecule has 4 saturated carbocycles. The standard InChI is InChI=1S/C19H21Cl2NO3/c20-14-1-2-16(15(21)6-14)22-17(23)10-25-18(24)19-7-11-3-12(8-19)5-13(4-11)9-19/h1-2,6,11-13H,3-5,7-10H2,(H,22,23). The molecule has 1 amide bonds. The molecule has 0 saturated heterocycles. The van der Waals surface area contributed by atoms with Gasteiger partial charge in [0.25, 0.3) is 5.91 Å². The Kier molecular flexibility index (Phi) is 4.45. The predicted octanol–water partition coefficient (Wildman–Crippen LogP) is 4.69. The van der Waals surface area contributed by atoms with Gasteiger partial charge in [-0.1, -0.05) is 23.2 Å². The van der Waals surface area contributed by atoms with Crippen molar-refractivity contribution in [1.29, 1.82) is 0 Å². The Morgan fingerprint density at radius 2 is 1.68 bits per heavy atom. The van der Waals surface area contributed by atoms with E-state index in [0.717, 1.165) is 19.3 Å². The average molecular weight is 382 g/mol. The molecular weight excluding hydrogens is 361 g/mol. The van der Waals surface area contributed by atoms with Crippen molar-refractivity contribution >= 4 is 40.8 Å². The van der Waals surface area contributed by atoms with E-state index >= 15 is 0 Å². The molecular formula is C19H21Cl2NO3. The van der Waals surface area contributed by atoms with Crippen LogP contribution < -0.4 is 5.32 Å². The molecule has 1 aromatic rings. The Bertz CT molecular complexity index is 683. The van der Waals surface area contributed by atoms with Crippen LogP contribution in [0, 0.1) is 23.2 Å². The van der Waals surface area contributed by atoms with Gasteiger partial charge in [-0.2, -0.15) is 0 Å². The Morgan fingerprint density at radius 3 is 2.24 bits per heavy atom. The number of halogens is 2. The average Bonchev–Trinajstić information content (AvgIpc) is 2.54. The van der Waals surface area contributed by atoms with Gasteiger partial charge >= 0.3 is 5.97 Å². The molecule has 0 spiro atoms. The maximum absolute atomic E-state index is 12.7. The van der Waals surface area contributed by atoms with Crippen molar-refractivity contribution in [2.24, 2.45) is 23.2 Å². The molecule has 1 N–H and O–H groups in total. The number of hydrogen-bond donors (Lipinski definition) is 1. The van der Waals surface area contributed by atoms with Crippen LogP contribution in [-0.4, -0.2) is 18.5 Å². The third kappa shape index (κ3) is 3.39. The number of amides is 1. The van der Waals surface area contributed by atoms with Crippen molar-refractivity contribution < 1.29 is 14.3 Å². The summed E-state index contributed by atoms with van der Waals surface area (Å²) in [6.07, 6.45) is 6.60. The minimum Gasteiger partial charge on any atom is -0.455 e. The highest BCUT2D eigenvalue weighted by molar-refractivity contribution is 6.36. The first-order chi connectivity index (χ1) is 11.9. The summed E-state index contributed by atoms with van der Waals surface area (Å²) in [7, 11) is 0. The lowest BCUT2D eigenvalue weighted by atomic mass is 9.49. The number of rotatable bonds is 4. The highest BCUT2D eigenvalue weighted by atomic mass is 35.5. The number of esters is 1. The molecule has 134 valence electrons. The summed E-state index contributed by atoms with van der Waals surface area (Å²) in [5, 5.41) is 3.51. The first kappa shape index (κ1) is 17.2. The number of benzene rings is 1. The molecule has 1 aromatic carbocycles. The summed E-state index contributed by atoms with van der Waals surface area (Å²) in [6.45, 7) is -0.278. The van der Waals surface area contributed by atoms with Crippen LogP contribution in [0.15, 0.2) is 18.2 Å². The first-order valence-electron chi connectivity index (χ1n) is 8.86. The Morgan fingerprint density at radius 1 is 1.08 bits per heavy atom. The van der Waals surface area contributed by atoms with E-state index in [-0.39, 0.29) is 23.9 Å². The fraction of sp³-hybridized carbons (Fsp3) is 0.579. The summed E-state index contributed by atoms with van der Waals surface area (Å²) in [5.74, 6) is 1.42. The van der Waals surface area contributed by atoms with Crippen molar-refractivity contribution in [2.45, 2.75) is 38.5 Å². The van der Waals surface area contributed by atoms with E-state index in [2.05, 4.69) is 5.32 Å². The summed E-state index contributed by atoms with van der Waals surface area (Å²) in [5.41, 5.74) is 0.120. The zero-order valence-corrected chi connectivity index (χ0v) is 15.4. The monoisotopic (exact) mass is 381 g/mol. The van der Waals surface area contributed by atoms with Crippen molar-refractivity contribution in [3.05, 3.63) is 28.2 Å². The molecule has 0 aromatic heterocycles. The van der Waals surface area contributed by atoms with Crippen molar-refractivity contribution in [3.63, 3.8) is 0 Å². The largest absolute Gasteiger partial charge is 0.455 e. The smallest absolute Gasteiger partial charge is 0.312 e. The lowest BCUT2D eigenvalue weighted by molar-refractivity contribution is -0.172. The van der Waals surface area contributed by atoms with Gasteiger partial charge in [0.1, 0.15) is 0 Å². The van der Waals surface area contributed by atoms with Gasteiger partial charge in [-0.3, -0.25) is 9.59 Å². The van der Waals surface area contributed by atoms with E-state index in [1.807, 2.05) is 0 Å². The van der Waals surface area contributed by atoms with Gasteiger partial charge in [0.15, 0.2) is 6.61 Å². The van der Waals surface area contributed by atoms with Gasteiger partial charge in [0, 0.05) is 5.02 Å². The van der Waals surface area contributed by atoms with E-state index < -0.39 is 0 Å². The van der Waals surface area contributed by atoms with Crippen molar-refractivity contribution in [2.75, 3.05) is 11.9 Å². The fourth-order valence-electron chi connectivity index (χ4n) is 5.42. The van der Waals surface area contributed by atoms with E-state index in [1.165, 1.54) is 19.3 Å². The molecule has 5 rings (SSSR count). The third-order valence-corrected chi connectivity index (χ3v) is 6.56. The molecule has 0 unspecified atom stereocenters. The van der Waals surface area contributed by atoms with Gasteiger partial charge in [-0.15, -0.1) is 0 Å². The number of carbonyl (C=O) groups is 2. The Balaban J connectivity index is 1.35. The summed E-state index contributed by atoms with van der Waals surface area (Å²) < 4.78 is 5.40. The molecule has 4 nitrogen and oxygen atoms in total. The zero-order chi connectivity index (χ0) is 17.6. The number of nitrogens with one attached hydrogen (secondary N) is 1.